The van der Waals surface area contributed by atoms with Crippen LogP contribution >= 0.6 is 0 Å². The van der Waals surface area contributed by atoms with Gasteiger partial charge in [0.05, 0.1) is 32.9 Å². The average molecular weight is 373 g/mol. The SMILES string of the molecule is COc1ccc(F)cc1-c1ccc(CN2CCOC(c3nnn(C)n3)C2)o1. The maximum Gasteiger partial charge on any atom is 0.204 e. The van der Waals surface area contributed by atoms with Crippen molar-refractivity contribution in [2.24, 2.45) is 7.05 Å². The van der Waals surface area contributed by atoms with Crippen LogP contribution in [0, 0.1) is 5.82 Å². The van der Waals surface area contributed by atoms with Gasteiger partial charge in [0, 0.05) is 13.1 Å². The van der Waals surface area contributed by atoms with E-state index in [1.165, 1.54) is 16.9 Å². The van der Waals surface area contributed by atoms with Crippen LogP contribution in [0.15, 0.2) is 34.7 Å². The fraction of sp³-hybridized carbons (Fsp3) is 0.389. The van der Waals surface area contributed by atoms with Gasteiger partial charge in [-0.05, 0) is 35.5 Å². The molecule has 1 unspecified atom stereocenters. The molecule has 1 fully saturated rings. The lowest BCUT2D eigenvalue weighted by molar-refractivity contribution is -0.0389. The lowest BCUT2D eigenvalue weighted by Gasteiger charge is -2.30. The number of morpholine rings is 1. The molecule has 3 aromatic rings. The normalized spacial score (nSPS) is 18.0. The first-order valence-electron chi connectivity index (χ1n) is 8.63. The van der Waals surface area contributed by atoms with Crippen LogP contribution in [0.1, 0.15) is 17.7 Å². The number of nitrogens with zero attached hydrogens (tertiary/aromatic N) is 5. The highest BCUT2D eigenvalue weighted by atomic mass is 19.1. The molecule has 2 aromatic heterocycles. The number of furan rings is 1. The van der Waals surface area contributed by atoms with Gasteiger partial charge in [-0.25, -0.2) is 4.39 Å². The van der Waals surface area contributed by atoms with Gasteiger partial charge in [-0.2, -0.15) is 4.80 Å². The van der Waals surface area contributed by atoms with Crippen molar-refractivity contribution in [1.29, 1.82) is 0 Å². The Labute approximate surface area is 155 Å². The molecule has 0 radical (unpaired) electrons. The number of benzene rings is 1. The van der Waals surface area contributed by atoms with Gasteiger partial charge in [-0.15, -0.1) is 10.2 Å². The summed E-state index contributed by atoms with van der Waals surface area (Å²) in [6.07, 6.45) is -0.217. The quantitative estimate of drug-likeness (QED) is 0.678. The third kappa shape index (κ3) is 3.83. The Morgan fingerprint density at radius 2 is 2.19 bits per heavy atom. The molecular formula is C18H20FN5O3. The monoisotopic (exact) mass is 373 g/mol. The van der Waals surface area contributed by atoms with Gasteiger partial charge in [0.25, 0.3) is 0 Å². The molecule has 0 N–H and O–H groups in total. The summed E-state index contributed by atoms with van der Waals surface area (Å²) < 4.78 is 30.6. The van der Waals surface area contributed by atoms with E-state index in [0.29, 0.717) is 42.6 Å². The largest absolute Gasteiger partial charge is 0.496 e. The highest BCUT2D eigenvalue weighted by Gasteiger charge is 2.26. The number of tetrazole rings is 1. The van der Waals surface area contributed by atoms with Crippen LogP contribution < -0.4 is 4.74 Å². The molecule has 0 amide bonds. The molecule has 142 valence electrons. The Morgan fingerprint density at radius 3 is 2.96 bits per heavy atom. The first-order valence-corrected chi connectivity index (χ1v) is 8.63. The second-order valence-corrected chi connectivity index (χ2v) is 6.34. The van der Waals surface area contributed by atoms with Crippen LogP contribution in [0.4, 0.5) is 4.39 Å². The number of ether oxygens (including phenoxy) is 2. The van der Waals surface area contributed by atoms with Crippen LogP contribution in [-0.2, 0) is 18.3 Å². The van der Waals surface area contributed by atoms with Crippen LogP contribution in [0.5, 0.6) is 5.75 Å². The summed E-state index contributed by atoms with van der Waals surface area (Å²) >= 11 is 0. The lowest BCUT2D eigenvalue weighted by atomic mass is 10.1. The summed E-state index contributed by atoms with van der Waals surface area (Å²) in [7, 11) is 3.27. The van der Waals surface area contributed by atoms with E-state index >= 15 is 0 Å². The minimum atomic E-state index is -0.337. The molecule has 8 nitrogen and oxygen atoms in total. The summed E-state index contributed by atoms with van der Waals surface area (Å²) in [5.41, 5.74) is 0.590. The van der Waals surface area contributed by atoms with Gasteiger partial charge in [0.2, 0.25) is 5.82 Å². The Kier molecular flexibility index (Phi) is 4.87. The fourth-order valence-electron chi connectivity index (χ4n) is 3.13. The molecule has 9 heteroatoms. The molecule has 0 aliphatic carbocycles. The summed E-state index contributed by atoms with van der Waals surface area (Å²) in [4.78, 5) is 3.62. The number of hydrogen-bond acceptors (Lipinski definition) is 7. The van der Waals surface area contributed by atoms with E-state index in [1.54, 1.807) is 20.2 Å². The van der Waals surface area contributed by atoms with E-state index in [1.807, 2.05) is 12.1 Å². The van der Waals surface area contributed by atoms with Crippen molar-refractivity contribution in [3.63, 3.8) is 0 Å². The fourth-order valence-corrected chi connectivity index (χ4v) is 3.13. The smallest absolute Gasteiger partial charge is 0.204 e. The third-order valence-electron chi connectivity index (χ3n) is 4.43. The Balaban J connectivity index is 1.47. The molecule has 0 saturated carbocycles. The van der Waals surface area contributed by atoms with Crippen molar-refractivity contribution in [2.45, 2.75) is 12.6 Å². The van der Waals surface area contributed by atoms with Crippen molar-refractivity contribution < 1.29 is 18.3 Å². The van der Waals surface area contributed by atoms with E-state index < -0.39 is 0 Å². The minimum Gasteiger partial charge on any atom is -0.496 e. The minimum absolute atomic E-state index is 0.217. The van der Waals surface area contributed by atoms with E-state index in [-0.39, 0.29) is 11.9 Å². The number of aromatic nitrogens is 4. The lowest BCUT2D eigenvalue weighted by Crippen LogP contribution is -2.38. The first-order chi connectivity index (χ1) is 13.1. The molecule has 1 aromatic carbocycles. The molecule has 1 aliphatic heterocycles. The Hall–Kier alpha value is -2.78. The zero-order valence-electron chi connectivity index (χ0n) is 15.1. The number of hydrogen-bond donors (Lipinski definition) is 0. The topological polar surface area (TPSA) is 78.4 Å². The third-order valence-corrected chi connectivity index (χ3v) is 4.43. The van der Waals surface area contributed by atoms with Gasteiger partial charge in [0.15, 0.2) is 0 Å². The van der Waals surface area contributed by atoms with Crippen LogP contribution in [-0.4, -0.2) is 51.9 Å². The van der Waals surface area contributed by atoms with Crippen molar-refractivity contribution >= 4 is 0 Å². The molecule has 1 atom stereocenters. The highest BCUT2D eigenvalue weighted by molar-refractivity contribution is 5.66. The maximum atomic E-state index is 13.6. The standard InChI is InChI=1S/C18H20FN5O3/c1-23-21-18(20-22-23)17-11-24(7-8-26-17)10-13-4-6-16(27-13)14-9-12(19)3-5-15(14)25-2/h3-6,9,17H,7-8,10-11H2,1-2H3. The van der Waals surface area contributed by atoms with Crippen molar-refractivity contribution in [3.05, 3.63) is 47.7 Å². The number of methoxy groups -OCH3 is 1. The van der Waals surface area contributed by atoms with Gasteiger partial charge >= 0.3 is 0 Å². The summed E-state index contributed by atoms with van der Waals surface area (Å²) in [5, 5.41) is 12.1. The van der Waals surface area contributed by atoms with E-state index in [0.717, 1.165) is 12.3 Å². The van der Waals surface area contributed by atoms with Crippen molar-refractivity contribution in [3.8, 4) is 17.1 Å². The first kappa shape index (κ1) is 17.6. The maximum absolute atomic E-state index is 13.6. The number of halogens is 1. The van der Waals surface area contributed by atoms with Gasteiger partial charge in [-0.1, -0.05) is 0 Å². The molecule has 1 saturated heterocycles. The van der Waals surface area contributed by atoms with Crippen LogP contribution in [0.25, 0.3) is 11.3 Å². The molecule has 4 rings (SSSR count). The molecule has 27 heavy (non-hydrogen) atoms. The summed E-state index contributed by atoms with van der Waals surface area (Å²) in [6.45, 7) is 2.60. The van der Waals surface area contributed by atoms with Gasteiger partial charge in [-0.3, -0.25) is 4.90 Å². The second-order valence-electron chi connectivity index (χ2n) is 6.34. The molecule has 0 spiro atoms. The van der Waals surface area contributed by atoms with Crippen LogP contribution in [0.2, 0.25) is 0 Å². The van der Waals surface area contributed by atoms with E-state index in [9.17, 15) is 4.39 Å². The number of aryl methyl sites for hydroxylation is 1. The van der Waals surface area contributed by atoms with Gasteiger partial charge < -0.3 is 13.9 Å². The van der Waals surface area contributed by atoms with Crippen molar-refractivity contribution in [1.82, 2.24) is 25.1 Å². The summed E-state index contributed by atoms with van der Waals surface area (Å²) in [6, 6.07) is 8.08. The summed E-state index contributed by atoms with van der Waals surface area (Å²) in [5.74, 6) is 2.16. The molecule has 1 aliphatic rings. The Bertz CT molecular complexity index is 925. The highest BCUT2D eigenvalue weighted by Crippen LogP contribution is 2.32. The Morgan fingerprint density at radius 1 is 1.30 bits per heavy atom. The zero-order valence-corrected chi connectivity index (χ0v) is 15.1. The van der Waals surface area contributed by atoms with Gasteiger partial charge in [0.1, 0.15) is 29.2 Å². The van der Waals surface area contributed by atoms with Crippen LogP contribution in [0.3, 0.4) is 0 Å². The average Bonchev–Trinajstić information content (AvgIpc) is 3.31. The van der Waals surface area contributed by atoms with E-state index in [4.69, 9.17) is 13.9 Å². The zero-order chi connectivity index (χ0) is 18.8. The second kappa shape index (κ2) is 7.45. The molecule has 3 heterocycles. The van der Waals surface area contributed by atoms with Crippen molar-refractivity contribution in [2.75, 3.05) is 26.8 Å². The molecular weight excluding hydrogens is 353 g/mol. The number of rotatable bonds is 5. The predicted octanol–water partition coefficient (Wildman–Crippen LogP) is 2.19. The van der Waals surface area contributed by atoms with E-state index in [2.05, 4.69) is 20.3 Å². The molecule has 0 bridgehead atoms. The predicted molar refractivity (Wildman–Crippen MR) is 93.4 cm³/mol.